The van der Waals surface area contributed by atoms with Gasteiger partial charge in [-0.05, 0) is 181 Å². The Morgan fingerprint density at radius 2 is 0.660 bits per heavy atom. The van der Waals surface area contributed by atoms with Gasteiger partial charge in [-0.15, -0.1) is 0 Å². The van der Waals surface area contributed by atoms with Crippen molar-refractivity contribution in [2.45, 2.75) is 193 Å². The SMILES string of the molecule is CCCCC12CC3(CCCC)CC(c4ccc(O)cc4)(C1)CC(C14CC5(CCCC)CC(CCCC)(CC(c6ccc(O)cc6)(C5)C1)C4)(C2)C3. The first-order valence-corrected chi connectivity index (χ1v) is 21.6. The first-order valence-electron chi connectivity index (χ1n) is 21.6. The smallest absolute Gasteiger partial charge is 0.115 e. The van der Waals surface area contributed by atoms with Crippen LogP contribution in [0.15, 0.2) is 48.5 Å². The summed E-state index contributed by atoms with van der Waals surface area (Å²) in [7, 11) is 0. The molecule has 2 N–H and O–H groups in total. The number of aromatic hydroxyl groups is 2. The van der Waals surface area contributed by atoms with Crippen LogP contribution in [-0.4, -0.2) is 10.2 Å². The Morgan fingerprint density at radius 3 is 0.920 bits per heavy atom. The summed E-state index contributed by atoms with van der Waals surface area (Å²) in [5, 5.41) is 21.0. The molecule has 0 saturated heterocycles. The van der Waals surface area contributed by atoms with E-state index < -0.39 is 0 Å². The van der Waals surface area contributed by atoms with Crippen LogP contribution >= 0.6 is 0 Å². The van der Waals surface area contributed by atoms with Crippen molar-refractivity contribution in [3.05, 3.63) is 59.7 Å². The topological polar surface area (TPSA) is 40.5 Å². The van der Waals surface area contributed by atoms with Crippen LogP contribution in [0.5, 0.6) is 11.5 Å². The zero-order valence-electron chi connectivity index (χ0n) is 32.5. The molecule has 0 aromatic heterocycles. The molecule has 0 amide bonds. The Morgan fingerprint density at radius 1 is 0.380 bits per heavy atom. The zero-order valence-corrected chi connectivity index (χ0v) is 32.5. The molecular formula is C48H70O2. The van der Waals surface area contributed by atoms with Crippen LogP contribution in [0.2, 0.25) is 0 Å². The third-order valence-electron chi connectivity index (χ3n) is 16.9. The minimum absolute atomic E-state index is 0.228. The molecule has 2 nitrogen and oxygen atoms in total. The van der Waals surface area contributed by atoms with Gasteiger partial charge in [-0.3, -0.25) is 0 Å². The normalized spacial score (nSPS) is 42.4. The third-order valence-corrected chi connectivity index (χ3v) is 16.9. The summed E-state index contributed by atoms with van der Waals surface area (Å²) >= 11 is 0. The van der Waals surface area contributed by atoms with Crippen molar-refractivity contribution in [1.82, 2.24) is 0 Å². The summed E-state index contributed by atoms with van der Waals surface area (Å²) in [5.74, 6) is 0.837. The Labute approximate surface area is 305 Å². The van der Waals surface area contributed by atoms with Crippen molar-refractivity contribution in [3.63, 3.8) is 0 Å². The zero-order chi connectivity index (χ0) is 34.9. The first kappa shape index (κ1) is 35.1. The molecule has 8 fully saturated rings. The minimum atomic E-state index is 0.228. The van der Waals surface area contributed by atoms with Crippen LogP contribution in [-0.2, 0) is 10.8 Å². The lowest BCUT2D eigenvalue weighted by Gasteiger charge is -2.81. The van der Waals surface area contributed by atoms with E-state index in [2.05, 4.69) is 52.0 Å². The van der Waals surface area contributed by atoms with Crippen molar-refractivity contribution in [2.24, 2.45) is 32.5 Å². The summed E-state index contributed by atoms with van der Waals surface area (Å²) in [6.45, 7) is 9.70. The molecule has 50 heavy (non-hydrogen) atoms. The van der Waals surface area contributed by atoms with E-state index in [1.54, 1.807) is 11.1 Å². The molecule has 8 aliphatic rings. The fraction of sp³-hybridized carbons (Fsp3) is 0.750. The molecule has 0 spiro atoms. The van der Waals surface area contributed by atoms with Crippen LogP contribution in [0.1, 0.15) is 193 Å². The average molecular weight is 679 g/mol. The number of hydrogen-bond acceptors (Lipinski definition) is 2. The predicted octanol–water partition coefficient (Wildman–Crippen LogP) is 13.7. The molecule has 0 aliphatic heterocycles. The summed E-state index contributed by atoms with van der Waals surface area (Å²) in [5.41, 5.74) is 6.09. The van der Waals surface area contributed by atoms with Gasteiger partial charge in [0.1, 0.15) is 11.5 Å². The highest BCUT2D eigenvalue weighted by molar-refractivity contribution is 5.41. The fourth-order valence-corrected chi connectivity index (χ4v) is 16.8. The maximum atomic E-state index is 10.5. The molecule has 4 atom stereocenters. The van der Waals surface area contributed by atoms with E-state index in [0.717, 1.165) is 0 Å². The van der Waals surface area contributed by atoms with Crippen molar-refractivity contribution < 1.29 is 10.2 Å². The Balaban J connectivity index is 1.34. The summed E-state index contributed by atoms with van der Waals surface area (Å²) in [6, 6.07) is 17.5. The van der Waals surface area contributed by atoms with Crippen LogP contribution in [0.3, 0.4) is 0 Å². The quantitative estimate of drug-likeness (QED) is 0.197. The first-order chi connectivity index (χ1) is 24.0. The van der Waals surface area contributed by atoms with Gasteiger partial charge in [0.2, 0.25) is 0 Å². The number of benzene rings is 2. The second-order valence-corrected chi connectivity index (χ2v) is 20.8. The van der Waals surface area contributed by atoms with Gasteiger partial charge in [0.25, 0.3) is 0 Å². The lowest BCUT2D eigenvalue weighted by molar-refractivity contribution is -0.288. The van der Waals surface area contributed by atoms with E-state index in [0.29, 0.717) is 44.0 Å². The van der Waals surface area contributed by atoms with Crippen LogP contribution in [0, 0.1) is 32.5 Å². The third kappa shape index (κ3) is 5.44. The van der Waals surface area contributed by atoms with E-state index >= 15 is 0 Å². The number of unbranched alkanes of at least 4 members (excludes halogenated alkanes) is 4. The predicted molar refractivity (Wildman–Crippen MR) is 208 cm³/mol. The average Bonchev–Trinajstić information content (AvgIpc) is 3.07. The number of phenols is 2. The summed E-state index contributed by atoms with van der Waals surface area (Å²) in [4.78, 5) is 0. The second-order valence-electron chi connectivity index (χ2n) is 20.8. The largest absolute Gasteiger partial charge is 0.508 e. The summed E-state index contributed by atoms with van der Waals surface area (Å²) < 4.78 is 0. The highest BCUT2D eigenvalue weighted by Crippen LogP contribution is 2.87. The standard InChI is InChI=1S/C48H70O2/c1-5-9-21-41-25-42(22-10-6-2)28-45(27-41,37-13-17-39(49)18-14-37)35-47(31-41,32-42)48-33-43(23-11-7-3)26-44(34-48,24-12-8-4)30-46(29-43,36-48)38-15-19-40(50)20-16-38/h13-20,49-50H,5-12,21-36H2,1-4H3. The Hall–Kier alpha value is -1.96. The van der Waals surface area contributed by atoms with Gasteiger partial charge in [0.15, 0.2) is 0 Å². The van der Waals surface area contributed by atoms with Crippen LogP contribution in [0.25, 0.3) is 0 Å². The van der Waals surface area contributed by atoms with Gasteiger partial charge >= 0.3 is 0 Å². The number of hydrogen-bond donors (Lipinski definition) is 2. The molecule has 0 radical (unpaired) electrons. The van der Waals surface area contributed by atoms with Crippen molar-refractivity contribution in [2.75, 3.05) is 0 Å². The Bertz CT molecular complexity index is 1350. The molecule has 2 heteroatoms. The van der Waals surface area contributed by atoms with E-state index in [1.165, 1.54) is 154 Å². The van der Waals surface area contributed by atoms with Crippen molar-refractivity contribution in [3.8, 4) is 11.5 Å². The van der Waals surface area contributed by atoms with Gasteiger partial charge in [-0.2, -0.15) is 0 Å². The molecule has 4 unspecified atom stereocenters. The molecule has 0 heterocycles. The van der Waals surface area contributed by atoms with Crippen LogP contribution < -0.4 is 0 Å². The maximum absolute atomic E-state index is 10.5. The molecule has 8 aliphatic carbocycles. The van der Waals surface area contributed by atoms with Gasteiger partial charge in [0, 0.05) is 0 Å². The lowest BCUT2D eigenvalue weighted by Crippen LogP contribution is -2.72. The molecule has 2 aromatic carbocycles. The maximum Gasteiger partial charge on any atom is 0.115 e. The van der Waals surface area contributed by atoms with Gasteiger partial charge in [-0.1, -0.05) is 103 Å². The van der Waals surface area contributed by atoms with Crippen LogP contribution in [0.4, 0.5) is 0 Å². The van der Waals surface area contributed by atoms with Gasteiger partial charge in [0.05, 0.1) is 0 Å². The Kier molecular flexibility index (Phi) is 8.63. The number of phenolic OH excluding ortho intramolecular Hbond substituents is 2. The number of rotatable bonds is 15. The molecule has 8 bridgehead atoms. The molecule has 10 rings (SSSR count). The van der Waals surface area contributed by atoms with Gasteiger partial charge < -0.3 is 10.2 Å². The van der Waals surface area contributed by atoms with E-state index in [-0.39, 0.29) is 10.8 Å². The van der Waals surface area contributed by atoms with E-state index in [1.807, 2.05) is 24.3 Å². The van der Waals surface area contributed by atoms with E-state index in [9.17, 15) is 10.2 Å². The van der Waals surface area contributed by atoms with Gasteiger partial charge in [-0.25, -0.2) is 0 Å². The highest BCUT2D eigenvalue weighted by atomic mass is 16.3. The lowest BCUT2D eigenvalue weighted by atomic mass is 9.23. The summed E-state index contributed by atoms with van der Waals surface area (Å²) in [6.07, 6.45) is 33.5. The monoisotopic (exact) mass is 679 g/mol. The molecule has 2 aromatic rings. The van der Waals surface area contributed by atoms with Crippen molar-refractivity contribution in [1.29, 1.82) is 0 Å². The fourth-order valence-electron chi connectivity index (χ4n) is 16.8. The minimum Gasteiger partial charge on any atom is -0.508 e. The molecule has 274 valence electrons. The second kappa shape index (κ2) is 12.3. The molecule has 8 saturated carbocycles. The van der Waals surface area contributed by atoms with Crippen molar-refractivity contribution >= 4 is 0 Å². The van der Waals surface area contributed by atoms with E-state index in [4.69, 9.17) is 0 Å². The highest BCUT2D eigenvalue weighted by Gasteiger charge is 2.78. The molecular weight excluding hydrogens is 609 g/mol.